The van der Waals surface area contributed by atoms with Crippen LogP contribution in [0.5, 0.6) is 0 Å². The van der Waals surface area contributed by atoms with E-state index in [1.54, 1.807) is 0 Å². The Morgan fingerprint density at radius 2 is 2.00 bits per heavy atom. The van der Waals surface area contributed by atoms with Crippen molar-refractivity contribution in [2.75, 3.05) is 6.54 Å². The molecular weight excluding hydrogens is 196 g/mol. The largest absolute Gasteiger partial charge is 0.330 e. The molecule has 2 heteroatoms. The van der Waals surface area contributed by atoms with Gasteiger partial charge >= 0.3 is 0 Å². The van der Waals surface area contributed by atoms with Gasteiger partial charge in [0.2, 0.25) is 0 Å². The SMILES string of the molecule is Cc1cc(C)c2nc(C(C)CN)ccc2c1. The molecule has 0 radical (unpaired) electrons. The number of nitrogens with two attached hydrogens (primary N) is 1. The lowest BCUT2D eigenvalue weighted by atomic mass is 10.0. The number of nitrogens with zero attached hydrogens (tertiary/aromatic N) is 1. The van der Waals surface area contributed by atoms with Crippen molar-refractivity contribution in [1.82, 2.24) is 4.98 Å². The summed E-state index contributed by atoms with van der Waals surface area (Å²) in [5, 5.41) is 1.21. The summed E-state index contributed by atoms with van der Waals surface area (Å²) in [7, 11) is 0. The van der Waals surface area contributed by atoms with Gasteiger partial charge in [0, 0.05) is 23.5 Å². The molecule has 0 aliphatic heterocycles. The Bertz CT molecular complexity index is 517. The van der Waals surface area contributed by atoms with Crippen molar-refractivity contribution in [2.45, 2.75) is 26.7 Å². The first-order chi connectivity index (χ1) is 7.61. The highest BCUT2D eigenvalue weighted by atomic mass is 14.7. The van der Waals surface area contributed by atoms with Crippen molar-refractivity contribution in [3.63, 3.8) is 0 Å². The van der Waals surface area contributed by atoms with E-state index < -0.39 is 0 Å². The third kappa shape index (κ3) is 1.93. The highest BCUT2D eigenvalue weighted by molar-refractivity contribution is 5.82. The zero-order valence-corrected chi connectivity index (χ0v) is 10.1. The molecule has 16 heavy (non-hydrogen) atoms. The fourth-order valence-electron chi connectivity index (χ4n) is 2.01. The molecule has 0 aliphatic rings. The molecule has 1 atom stereocenters. The van der Waals surface area contributed by atoms with Gasteiger partial charge in [-0.2, -0.15) is 0 Å². The Hall–Kier alpha value is -1.41. The van der Waals surface area contributed by atoms with E-state index in [4.69, 9.17) is 10.7 Å². The number of pyridine rings is 1. The molecule has 1 heterocycles. The van der Waals surface area contributed by atoms with Crippen LogP contribution in [-0.2, 0) is 0 Å². The van der Waals surface area contributed by atoms with Crippen LogP contribution in [0.25, 0.3) is 10.9 Å². The molecule has 1 aromatic heterocycles. The smallest absolute Gasteiger partial charge is 0.0734 e. The maximum Gasteiger partial charge on any atom is 0.0734 e. The maximum absolute atomic E-state index is 5.67. The van der Waals surface area contributed by atoms with E-state index >= 15 is 0 Å². The summed E-state index contributed by atoms with van der Waals surface area (Å²) in [5.74, 6) is 0.324. The van der Waals surface area contributed by atoms with Crippen molar-refractivity contribution >= 4 is 10.9 Å². The summed E-state index contributed by atoms with van der Waals surface area (Å²) in [5.41, 5.74) is 10.4. The van der Waals surface area contributed by atoms with Crippen LogP contribution >= 0.6 is 0 Å². The lowest BCUT2D eigenvalue weighted by Gasteiger charge is -2.10. The molecule has 0 amide bonds. The summed E-state index contributed by atoms with van der Waals surface area (Å²) >= 11 is 0. The Balaban J connectivity index is 2.62. The van der Waals surface area contributed by atoms with Crippen LogP contribution in [0, 0.1) is 13.8 Å². The summed E-state index contributed by atoms with van der Waals surface area (Å²) in [6.45, 7) is 6.98. The molecular formula is C14H18N2. The average Bonchev–Trinajstić information content (AvgIpc) is 2.27. The van der Waals surface area contributed by atoms with E-state index in [2.05, 4.69) is 45.0 Å². The molecule has 0 spiro atoms. The van der Waals surface area contributed by atoms with Crippen LogP contribution in [0.1, 0.15) is 29.7 Å². The Morgan fingerprint density at radius 3 is 2.69 bits per heavy atom. The van der Waals surface area contributed by atoms with Crippen molar-refractivity contribution in [3.05, 3.63) is 41.1 Å². The van der Waals surface area contributed by atoms with Crippen molar-refractivity contribution in [1.29, 1.82) is 0 Å². The first kappa shape index (κ1) is 11.1. The van der Waals surface area contributed by atoms with E-state index in [-0.39, 0.29) is 0 Å². The second kappa shape index (κ2) is 4.22. The van der Waals surface area contributed by atoms with E-state index in [0.29, 0.717) is 12.5 Å². The quantitative estimate of drug-likeness (QED) is 0.834. The molecule has 0 bridgehead atoms. The number of hydrogen-bond acceptors (Lipinski definition) is 2. The minimum absolute atomic E-state index is 0.324. The minimum atomic E-state index is 0.324. The number of rotatable bonds is 2. The minimum Gasteiger partial charge on any atom is -0.330 e. The predicted molar refractivity (Wildman–Crippen MR) is 68.7 cm³/mol. The van der Waals surface area contributed by atoms with Crippen LogP contribution in [0.4, 0.5) is 0 Å². The molecule has 0 saturated heterocycles. The van der Waals surface area contributed by atoms with Crippen molar-refractivity contribution < 1.29 is 0 Å². The molecule has 2 rings (SSSR count). The molecule has 1 aromatic carbocycles. The van der Waals surface area contributed by atoms with Gasteiger partial charge in [-0.05, 0) is 31.5 Å². The third-order valence-corrected chi connectivity index (χ3v) is 3.01. The predicted octanol–water partition coefficient (Wildman–Crippen LogP) is 2.91. The van der Waals surface area contributed by atoms with Gasteiger partial charge in [0.25, 0.3) is 0 Å². The van der Waals surface area contributed by atoms with E-state index in [1.807, 2.05) is 0 Å². The number of aryl methyl sites for hydroxylation is 2. The number of benzene rings is 1. The molecule has 0 saturated carbocycles. The third-order valence-electron chi connectivity index (χ3n) is 3.01. The molecule has 0 aliphatic carbocycles. The van der Waals surface area contributed by atoms with Crippen LogP contribution in [0.15, 0.2) is 24.3 Å². The lowest BCUT2D eigenvalue weighted by Crippen LogP contribution is -2.10. The number of aromatic nitrogens is 1. The second-order valence-electron chi connectivity index (χ2n) is 4.53. The molecule has 2 N–H and O–H groups in total. The van der Waals surface area contributed by atoms with Gasteiger partial charge in [-0.1, -0.05) is 24.6 Å². The first-order valence-electron chi connectivity index (χ1n) is 5.70. The van der Waals surface area contributed by atoms with Crippen molar-refractivity contribution in [3.8, 4) is 0 Å². The van der Waals surface area contributed by atoms with Gasteiger partial charge in [0.1, 0.15) is 0 Å². The standard InChI is InChI=1S/C14H18N2/c1-9-6-10(2)14-12(7-9)4-5-13(16-14)11(3)8-15/h4-7,11H,8,15H2,1-3H3. The molecule has 2 aromatic rings. The Labute approximate surface area is 96.5 Å². The van der Waals surface area contributed by atoms with Gasteiger partial charge in [-0.15, -0.1) is 0 Å². The van der Waals surface area contributed by atoms with Crippen LogP contribution in [0.3, 0.4) is 0 Å². The van der Waals surface area contributed by atoms with E-state index in [0.717, 1.165) is 11.2 Å². The lowest BCUT2D eigenvalue weighted by molar-refractivity contribution is 0.749. The monoisotopic (exact) mass is 214 g/mol. The fraction of sp³-hybridized carbons (Fsp3) is 0.357. The first-order valence-corrected chi connectivity index (χ1v) is 5.70. The molecule has 0 fully saturated rings. The summed E-state index contributed by atoms with van der Waals surface area (Å²) in [6, 6.07) is 8.57. The van der Waals surface area contributed by atoms with Crippen LogP contribution < -0.4 is 5.73 Å². The molecule has 84 valence electrons. The highest BCUT2D eigenvalue weighted by Crippen LogP contribution is 2.21. The zero-order valence-electron chi connectivity index (χ0n) is 10.1. The summed E-state index contributed by atoms with van der Waals surface area (Å²) in [4.78, 5) is 4.71. The van der Waals surface area contributed by atoms with E-state index in [1.165, 1.54) is 16.5 Å². The summed E-state index contributed by atoms with van der Waals surface area (Å²) in [6.07, 6.45) is 0. The molecule has 2 nitrogen and oxygen atoms in total. The molecule has 1 unspecified atom stereocenters. The van der Waals surface area contributed by atoms with Gasteiger partial charge in [-0.25, -0.2) is 0 Å². The summed E-state index contributed by atoms with van der Waals surface area (Å²) < 4.78 is 0. The second-order valence-corrected chi connectivity index (χ2v) is 4.53. The fourth-order valence-corrected chi connectivity index (χ4v) is 2.01. The van der Waals surface area contributed by atoms with Crippen LogP contribution in [0.2, 0.25) is 0 Å². The maximum atomic E-state index is 5.67. The highest BCUT2D eigenvalue weighted by Gasteiger charge is 2.07. The Kier molecular flexibility index (Phi) is 2.92. The normalized spacial score (nSPS) is 13.0. The average molecular weight is 214 g/mol. The zero-order chi connectivity index (χ0) is 11.7. The van der Waals surface area contributed by atoms with Gasteiger partial charge < -0.3 is 5.73 Å². The van der Waals surface area contributed by atoms with Crippen molar-refractivity contribution in [2.24, 2.45) is 5.73 Å². The topological polar surface area (TPSA) is 38.9 Å². The van der Waals surface area contributed by atoms with Gasteiger partial charge in [-0.3, -0.25) is 4.98 Å². The number of fused-ring (bicyclic) bond motifs is 1. The van der Waals surface area contributed by atoms with E-state index in [9.17, 15) is 0 Å². The number of hydrogen-bond donors (Lipinski definition) is 1. The van der Waals surface area contributed by atoms with Gasteiger partial charge in [0.15, 0.2) is 0 Å². The van der Waals surface area contributed by atoms with Gasteiger partial charge in [0.05, 0.1) is 5.52 Å². The van der Waals surface area contributed by atoms with Crippen LogP contribution in [-0.4, -0.2) is 11.5 Å². The Morgan fingerprint density at radius 1 is 1.25 bits per heavy atom.